The fourth-order valence-corrected chi connectivity index (χ4v) is 4.04. The Bertz CT molecular complexity index is 421. The SMILES string of the molecule is Cc1cccc(CC2(O)CC(C)CC(C)(C)C2)c1. The zero-order chi connectivity index (χ0) is 13.4. The lowest BCUT2D eigenvalue weighted by atomic mass is 9.64. The average Bonchev–Trinajstić information content (AvgIpc) is 2.11. The van der Waals surface area contributed by atoms with Crippen molar-refractivity contribution in [1.29, 1.82) is 0 Å². The molecule has 1 N–H and O–H groups in total. The van der Waals surface area contributed by atoms with Gasteiger partial charge in [0, 0.05) is 6.42 Å². The van der Waals surface area contributed by atoms with Gasteiger partial charge >= 0.3 is 0 Å². The molecule has 1 aliphatic rings. The first kappa shape index (κ1) is 13.6. The predicted molar refractivity (Wildman–Crippen MR) is 76.6 cm³/mol. The van der Waals surface area contributed by atoms with Crippen molar-refractivity contribution in [2.24, 2.45) is 11.3 Å². The van der Waals surface area contributed by atoms with Gasteiger partial charge in [-0.25, -0.2) is 0 Å². The molecule has 1 aliphatic carbocycles. The van der Waals surface area contributed by atoms with Crippen molar-refractivity contribution in [3.8, 4) is 0 Å². The molecule has 0 amide bonds. The van der Waals surface area contributed by atoms with E-state index in [9.17, 15) is 5.11 Å². The van der Waals surface area contributed by atoms with E-state index in [2.05, 4.69) is 52.0 Å². The summed E-state index contributed by atoms with van der Waals surface area (Å²) in [6, 6.07) is 8.54. The molecule has 0 bridgehead atoms. The van der Waals surface area contributed by atoms with Crippen molar-refractivity contribution in [2.45, 2.75) is 59.0 Å². The molecule has 0 aliphatic heterocycles. The molecule has 2 unspecified atom stereocenters. The first-order valence-corrected chi connectivity index (χ1v) is 7.06. The van der Waals surface area contributed by atoms with Gasteiger partial charge in [0.05, 0.1) is 5.60 Å². The van der Waals surface area contributed by atoms with Crippen molar-refractivity contribution in [3.63, 3.8) is 0 Å². The molecular weight excluding hydrogens is 220 g/mol. The second-order valence-corrected chi connectivity index (χ2v) is 7.24. The number of benzene rings is 1. The van der Waals surface area contributed by atoms with E-state index in [-0.39, 0.29) is 5.41 Å². The molecule has 1 heteroatoms. The van der Waals surface area contributed by atoms with Gasteiger partial charge < -0.3 is 5.11 Å². The maximum atomic E-state index is 10.9. The summed E-state index contributed by atoms with van der Waals surface area (Å²) in [4.78, 5) is 0. The summed E-state index contributed by atoms with van der Waals surface area (Å²) < 4.78 is 0. The smallest absolute Gasteiger partial charge is 0.0695 e. The van der Waals surface area contributed by atoms with Crippen LogP contribution in [0.25, 0.3) is 0 Å². The van der Waals surface area contributed by atoms with Crippen LogP contribution in [0.1, 0.15) is 51.2 Å². The van der Waals surface area contributed by atoms with Crippen LogP contribution < -0.4 is 0 Å². The third-order valence-electron chi connectivity index (χ3n) is 4.05. The molecule has 1 saturated carbocycles. The van der Waals surface area contributed by atoms with Crippen molar-refractivity contribution >= 4 is 0 Å². The summed E-state index contributed by atoms with van der Waals surface area (Å²) in [5.74, 6) is 0.614. The predicted octanol–water partition coefficient (Wildman–Crippen LogP) is 4.11. The number of aryl methyl sites for hydroxylation is 1. The topological polar surface area (TPSA) is 20.2 Å². The van der Waals surface area contributed by atoms with Gasteiger partial charge in [-0.2, -0.15) is 0 Å². The van der Waals surface area contributed by atoms with E-state index >= 15 is 0 Å². The maximum absolute atomic E-state index is 10.9. The normalized spacial score (nSPS) is 31.3. The fraction of sp³-hybridized carbons (Fsp3) is 0.647. The van der Waals surface area contributed by atoms with Gasteiger partial charge in [-0.05, 0) is 43.1 Å². The molecule has 100 valence electrons. The summed E-state index contributed by atoms with van der Waals surface area (Å²) in [6.07, 6.45) is 3.87. The highest BCUT2D eigenvalue weighted by molar-refractivity contribution is 5.24. The van der Waals surface area contributed by atoms with Crippen LogP contribution >= 0.6 is 0 Å². The van der Waals surface area contributed by atoms with Crippen molar-refractivity contribution in [2.75, 3.05) is 0 Å². The van der Waals surface area contributed by atoms with Crippen LogP contribution in [0.4, 0.5) is 0 Å². The molecule has 0 saturated heterocycles. The van der Waals surface area contributed by atoms with Crippen molar-refractivity contribution < 1.29 is 5.11 Å². The summed E-state index contributed by atoms with van der Waals surface area (Å²) in [7, 11) is 0. The Kier molecular flexibility index (Phi) is 3.55. The third-order valence-corrected chi connectivity index (χ3v) is 4.05. The molecule has 2 rings (SSSR count). The van der Waals surface area contributed by atoms with Crippen LogP contribution in [0.5, 0.6) is 0 Å². The maximum Gasteiger partial charge on any atom is 0.0695 e. The highest BCUT2D eigenvalue weighted by Crippen LogP contribution is 2.45. The van der Waals surface area contributed by atoms with Gasteiger partial charge in [-0.3, -0.25) is 0 Å². The summed E-state index contributed by atoms with van der Waals surface area (Å²) in [5.41, 5.74) is 2.28. The van der Waals surface area contributed by atoms with Gasteiger partial charge in [0.15, 0.2) is 0 Å². The lowest BCUT2D eigenvalue weighted by Crippen LogP contribution is -2.43. The molecule has 1 nitrogen and oxygen atoms in total. The van der Waals surface area contributed by atoms with Gasteiger partial charge in [0.25, 0.3) is 0 Å². The average molecular weight is 246 g/mol. The molecule has 1 aromatic rings. The zero-order valence-electron chi connectivity index (χ0n) is 12.2. The number of rotatable bonds is 2. The highest BCUT2D eigenvalue weighted by Gasteiger charge is 2.41. The van der Waals surface area contributed by atoms with E-state index < -0.39 is 5.60 Å². The first-order valence-electron chi connectivity index (χ1n) is 7.06. The number of hydrogen-bond acceptors (Lipinski definition) is 1. The largest absolute Gasteiger partial charge is 0.390 e. The molecule has 1 fully saturated rings. The molecule has 0 spiro atoms. The van der Waals surface area contributed by atoms with E-state index in [1.165, 1.54) is 17.5 Å². The molecule has 1 aromatic carbocycles. The van der Waals surface area contributed by atoms with Gasteiger partial charge in [-0.1, -0.05) is 50.6 Å². The van der Waals surface area contributed by atoms with E-state index in [4.69, 9.17) is 0 Å². The Hall–Kier alpha value is -0.820. The lowest BCUT2D eigenvalue weighted by Gasteiger charge is -2.44. The van der Waals surface area contributed by atoms with Crippen molar-refractivity contribution in [3.05, 3.63) is 35.4 Å². The summed E-state index contributed by atoms with van der Waals surface area (Å²) in [6.45, 7) is 8.94. The van der Waals surface area contributed by atoms with Crippen LogP contribution in [0.3, 0.4) is 0 Å². The zero-order valence-corrected chi connectivity index (χ0v) is 12.2. The van der Waals surface area contributed by atoms with Crippen LogP contribution in [-0.4, -0.2) is 10.7 Å². The van der Waals surface area contributed by atoms with Crippen LogP contribution in [0.2, 0.25) is 0 Å². The minimum atomic E-state index is -0.519. The molecule has 0 aromatic heterocycles. The molecule has 2 atom stereocenters. The van der Waals surface area contributed by atoms with Crippen LogP contribution in [-0.2, 0) is 6.42 Å². The van der Waals surface area contributed by atoms with E-state index in [0.29, 0.717) is 5.92 Å². The Morgan fingerprint density at radius 1 is 1.28 bits per heavy atom. The van der Waals surface area contributed by atoms with Gasteiger partial charge in [-0.15, -0.1) is 0 Å². The standard InChI is InChI=1S/C17H26O/c1-13-6-5-7-15(8-13)11-17(18)10-14(2)9-16(3,4)12-17/h5-8,14,18H,9-12H2,1-4H3. The van der Waals surface area contributed by atoms with Crippen LogP contribution in [0, 0.1) is 18.3 Å². The van der Waals surface area contributed by atoms with Crippen LogP contribution in [0.15, 0.2) is 24.3 Å². The minimum absolute atomic E-state index is 0.260. The molecule has 0 heterocycles. The second kappa shape index (κ2) is 4.70. The Balaban J connectivity index is 2.16. The van der Waals surface area contributed by atoms with E-state index in [0.717, 1.165) is 19.3 Å². The summed E-state index contributed by atoms with van der Waals surface area (Å²) >= 11 is 0. The Morgan fingerprint density at radius 3 is 2.61 bits per heavy atom. The second-order valence-electron chi connectivity index (χ2n) is 7.24. The van der Waals surface area contributed by atoms with E-state index in [1.807, 2.05) is 0 Å². The summed E-state index contributed by atoms with van der Waals surface area (Å²) in [5, 5.41) is 10.9. The molecule has 0 radical (unpaired) electrons. The minimum Gasteiger partial charge on any atom is -0.390 e. The number of hydrogen-bond donors (Lipinski definition) is 1. The number of aliphatic hydroxyl groups is 1. The van der Waals surface area contributed by atoms with Gasteiger partial charge in [0.2, 0.25) is 0 Å². The van der Waals surface area contributed by atoms with Crippen molar-refractivity contribution in [1.82, 2.24) is 0 Å². The monoisotopic (exact) mass is 246 g/mol. The Labute approximate surface area is 111 Å². The molecular formula is C17H26O. The first-order chi connectivity index (χ1) is 8.28. The lowest BCUT2D eigenvalue weighted by molar-refractivity contribution is -0.0574. The quantitative estimate of drug-likeness (QED) is 0.832. The Morgan fingerprint density at radius 2 is 2.00 bits per heavy atom. The highest BCUT2D eigenvalue weighted by atomic mass is 16.3. The van der Waals surface area contributed by atoms with Gasteiger partial charge in [0.1, 0.15) is 0 Å². The molecule has 18 heavy (non-hydrogen) atoms. The fourth-order valence-electron chi connectivity index (χ4n) is 4.04. The third kappa shape index (κ3) is 3.35. The van der Waals surface area contributed by atoms with E-state index in [1.54, 1.807) is 0 Å².